The van der Waals surface area contributed by atoms with Crippen LogP contribution in [-0.2, 0) is 0 Å². The van der Waals surface area contributed by atoms with Gasteiger partial charge in [0.25, 0.3) is 0 Å². The van der Waals surface area contributed by atoms with Crippen molar-refractivity contribution in [2.24, 2.45) is 0 Å². The molecule has 3 aromatic rings. The summed E-state index contributed by atoms with van der Waals surface area (Å²) in [5.41, 5.74) is 3.92. The van der Waals surface area contributed by atoms with Crippen LogP contribution >= 0.6 is 0 Å². The Labute approximate surface area is 165 Å². The molecule has 3 N–H and O–H groups in total. The maximum absolute atomic E-state index is 4.64. The van der Waals surface area contributed by atoms with E-state index in [0.717, 1.165) is 53.4 Å². The lowest BCUT2D eigenvalue weighted by atomic mass is 10.1. The number of imidazole rings is 1. The number of nitrogens with zero attached hydrogens (tertiary/aromatic N) is 4. The number of hydrogen-bond acceptors (Lipinski definition) is 6. The minimum atomic E-state index is 0.565. The van der Waals surface area contributed by atoms with Crippen LogP contribution in [-0.4, -0.2) is 39.1 Å². The Morgan fingerprint density at radius 2 is 2.07 bits per heavy atom. The van der Waals surface area contributed by atoms with Crippen LogP contribution in [0.3, 0.4) is 0 Å². The number of anilines is 2. The Morgan fingerprint density at radius 1 is 1.25 bits per heavy atom. The Morgan fingerprint density at radius 3 is 2.82 bits per heavy atom. The van der Waals surface area contributed by atoms with Crippen molar-refractivity contribution in [3.63, 3.8) is 0 Å². The summed E-state index contributed by atoms with van der Waals surface area (Å²) in [6.07, 6.45) is 7.41. The van der Waals surface area contributed by atoms with Crippen LogP contribution in [0.15, 0.2) is 43.0 Å². The van der Waals surface area contributed by atoms with E-state index in [1.54, 1.807) is 0 Å². The highest BCUT2D eigenvalue weighted by molar-refractivity contribution is 5.83. The zero-order chi connectivity index (χ0) is 19.5. The minimum absolute atomic E-state index is 0.565. The minimum Gasteiger partial charge on any atom is -0.372 e. The molecule has 146 valence electrons. The summed E-state index contributed by atoms with van der Waals surface area (Å²) in [5.74, 6) is 2.23. The van der Waals surface area contributed by atoms with Crippen molar-refractivity contribution in [2.45, 2.75) is 39.2 Å². The third-order valence-corrected chi connectivity index (χ3v) is 5.22. The molecule has 28 heavy (non-hydrogen) atoms. The maximum atomic E-state index is 4.64. The normalized spacial score (nSPS) is 16.5. The molecular weight excluding hydrogens is 350 g/mol. The second-order valence-corrected chi connectivity index (χ2v) is 7.12. The van der Waals surface area contributed by atoms with Crippen LogP contribution in [0, 0.1) is 0 Å². The maximum Gasteiger partial charge on any atom is 0.225 e. The number of aromatic nitrogens is 4. The number of hydrogen-bond donors (Lipinski definition) is 3. The lowest BCUT2D eigenvalue weighted by Crippen LogP contribution is -2.30. The number of nitrogens with one attached hydrogen (secondary N) is 3. The van der Waals surface area contributed by atoms with Gasteiger partial charge in [-0.05, 0) is 43.9 Å². The molecule has 1 aliphatic heterocycles. The molecule has 0 saturated carbocycles. The standard InChI is InChI=1S/C21H27N7/c1-4-17-7-6-10-28(17)21-23-12-16(13-24-21)15-8-9-18-19(11-15)27-20(26-18)25-14(3)22-5-2/h8-9,11-13,17,22H,3-7,10H2,1-2H3,(H2,25,26,27). The van der Waals surface area contributed by atoms with Crippen molar-refractivity contribution in [3.05, 3.63) is 43.0 Å². The first-order valence-electron chi connectivity index (χ1n) is 9.96. The first-order chi connectivity index (χ1) is 13.7. The van der Waals surface area contributed by atoms with E-state index in [0.29, 0.717) is 12.0 Å². The average Bonchev–Trinajstić information content (AvgIpc) is 3.33. The quantitative estimate of drug-likeness (QED) is 0.579. The van der Waals surface area contributed by atoms with E-state index in [1.807, 2.05) is 25.4 Å². The summed E-state index contributed by atoms with van der Waals surface area (Å²) in [6, 6.07) is 6.70. The third-order valence-electron chi connectivity index (χ3n) is 5.22. The first-order valence-corrected chi connectivity index (χ1v) is 9.96. The average molecular weight is 377 g/mol. The SMILES string of the molecule is C=C(NCC)Nc1nc2ccc(-c3cnc(N4CCCC4CC)nc3)cc2[nH]1. The van der Waals surface area contributed by atoms with E-state index in [9.17, 15) is 0 Å². The van der Waals surface area contributed by atoms with Gasteiger partial charge in [-0.15, -0.1) is 0 Å². The molecular formula is C21H27N7. The molecule has 2 aromatic heterocycles. The van der Waals surface area contributed by atoms with Crippen LogP contribution in [0.4, 0.5) is 11.9 Å². The van der Waals surface area contributed by atoms with Crippen molar-refractivity contribution in [1.29, 1.82) is 0 Å². The fourth-order valence-electron chi connectivity index (χ4n) is 3.79. The summed E-state index contributed by atoms with van der Waals surface area (Å²) in [6.45, 7) is 10.0. The van der Waals surface area contributed by atoms with E-state index in [4.69, 9.17) is 0 Å². The summed E-state index contributed by atoms with van der Waals surface area (Å²) >= 11 is 0. The first kappa shape index (κ1) is 18.3. The fraction of sp³-hybridized carbons (Fsp3) is 0.381. The number of rotatable bonds is 7. The van der Waals surface area contributed by atoms with Gasteiger partial charge in [0, 0.05) is 37.1 Å². The number of benzene rings is 1. The van der Waals surface area contributed by atoms with Gasteiger partial charge in [-0.2, -0.15) is 0 Å². The Hall–Kier alpha value is -3.09. The Bertz CT molecular complexity index is 961. The predicted molar refractivity (Wildman–Crippen MR) is 114 cm³/mol. The molecule has 4 rings (SSSR count). The molecule has 0 aliphatic carbocycles. The molecule has 1 aliphatic rings. The van der Waals surface area contributed by atoms with Gasteiger partial charge < -0.3 is 20.5 Å². The molecule has 0 bridgehead atoms. The molecule has 1 saturated heterocycles. The number of H-pyrrole nitrogens is 1. The lowest BCUT2D eigenvalue weighted by Gasteiger charge is -2.23. The van der Waals surface area contributed by atoms with Gasteiger partial charge in [0.2, 0.25) is 11.9 Å². The van der Waals surface area contributed by atoms with Crippen molar-refractivity contribution >= 4 is 22.9 Å². The van der Waals surface area contributed by atoms with Crippen LogP contribution in [0.25, 0.3) is 22.2 Å². The van der Waals surface area contributed by atoms with Gasteiger partial charge in [0.15, 0.2) is 0 Å². The molecule has 0 amide bonds. The lowest BCUT2D eigenvalue weighted by molar-refractivity contribution is 0.634. The van der Waals surface area contributed by atoms with Gasteiger partial charge >= 0.3 is 0 Å². The predicted octanol–water partition coefficient (Wildman–Crippen LogP) is 3.89. The van der Waals surface area contributed by atoms with E-state index in [-0.39, 0.29) is 0 Å². The molecule has 7 nitrogen and oxygen atoms in total. The largest absolute Gasteiger partial charge is 0.372 e. The summed E-state index contributed by atoms with van der Waals surface area (Å²) in [4.78, 5) is 19.4. The van der Waals surface area contributed by atoms with Crippen LogP contribution in [0.5, 0.6) is 0 Å². The number of aromatic amines is 1. The van der Waals surface area contributed by atoms with E-state index < -0.39 is 0 Å². The molecule has 7 heteroatoms. The zero-order valence-electron chi connectivity index (χ0n) is 16.5. The second-order valence-electron chi connectivity index (χ2n) is 7.12. The van der Waals surface area contributed by atoms with Crippen molar-refractivity contribution in [3.8, 4) is 11.1 Å². The second kappa shape index (κ2) is 7.88. The van der Waals surface area contributed by atoms with Crippen molar-refractivity contribution in [1.82, 2.24) is 25.3 Å². The highest BCUT2D eigenvalue weighted by Crippen LogP contribution is 2.27. The van der Waals surface area contributed by atoms with E-state index >= 15 is 0 Å². The van der Waals surface area contributed by atoms with Crippen molar-refractivity contribution in [2.75, 3.05) is 23.3 Å². The van der Waals surface area contributed by atoms with Gasteiger partial charge in [-0.3, -0.25) is 0 Å². The van der Waals surface area contributed by atoms with Crippen LogP contribution in [0.1, 0.15) is 33.1 Å². The van der Waals surface area contributed by atoms with Gasteiger partial charge in [-0.25, -0.2) is 15.0 Å². The zero-order valence-corrected chi connectivity index (χ0v) is 16.5. The summed E-state index contributed by atoms with van der Waals surface area (Å²) in [5, 5.41) is 6.26. The monoisotopic (exact) mass is 377 g/mol. The molecule has 0 radical (unpaired) electrons. The Kier molecular flexibility index (Phi) is 5.14. The number of fused-ring (bicyclic) bond motifs is 1. The third kappa shape index (κ3) is 3.65. The highest BCUT2D eigenvalue weighted by atomic mass is 15.3. The topological polar surface area (TPSA) is 81.8 Å². The van der Waals surface area contributed by atoms with Crippen LogP contribution in [0.2, 0.25) is 0 Å². The van der Waals surface area contributed by atoms with E-state index in [2.05, 4.69) is 61.1 Å². The fourth-order valence-corrected chi connectivity index (χ4v) is 3.79. The molecule has 1 fully saturated rings. The van der Waals surface area contributed by atoms with Gasteiger partial charge in [0.05, 0.1) is 16.9 Å². The molecule has 1 unspecified atom stereocenters. The van der Waals surface area contributed by atoms with Crippen LogP contribution < -0.4 is 15.5 Å². The van der Waals surface area contributed by atoms with Gasteiger partial charge in [-0.1, -0.05) is 19.6 Å². The summed E-state index contributed by atoms with van der Waals surface area (Å²) in [7, 11) is 0. The highest BCUT2D eigenvalue weighted by Gasteiger charge is 2.24. The molecule has 3 heterocycles. The van der Waals surface area contributed by atoms with Crippen molar-refractivity contribution < 1.29 is 0 Å². The molecule has 0 spiro atoms. The molecule has 1 atom stereocenters. The van der Waals surface area contributed by atoms with E-state index in [1.165, 1.54) is 12.8 Å². The molecule has 1 aromatic carbocycles. The smallest absolute Gasteiger partial charge is 0.225 e. The van der Waals surface area contributed by atoms with Gasteiger partial charge in [0.1, 0.15) is 0 Å². The Balaban J connectivity index is 1.54. The summed E-state index contributed by atoms with van der Waals surface area (Å²) < 4.78 is 0.